The lowest BCUT2D eigenvalue weighted by Gasteiger charge is -2.27. The molecule has 0 spiro atoms. The van der Waals surface area contributed by atoms with Crippen molar-refractivity contribution in [1.82, 2.24) is 5.32 Å². The topological polar surface area (TPSA) is 38.3 Å². The van der Waals surface area contributed by atoms with Gasteiger partial charge in [0.2, 0.25) is 5.91 Å². The molecule has 2 rings (SSSR count). The third-order valence-corrected chi connectivity index (χ3v) is 2.90. The summed E-state index contributed by atoms with van der Waals surface area (Å²) in [5.74, 6) is -0.281. The van der Waals surface area contributed by atoms with Crippen molar-refractivity contribution in [2.75, 3.05) is 6.61 Å². The molecule has 0 unspecified atom stereocenters. The van der Waals surface area contributed by atoms with E-state index in [0.29, 0.717) is 12.2 Å². The summed E-state index contributed by atoms with van der Waals surface area (Å²) < 4.78 is 43.0. The summed E-state index contributed by atoms with van der Waals surface area (Å²) in [6.45, 7) is 2.17. The molecule has 0 radical (unpaired) electrons. The first-order valence-corrected chi connectivity index (χ1v) is 5.94. The molecule has 1 heterocycles. The molecule has 1 saturated heterocycles. The highest BCUT2D eigenvalue weighted by Gasteiger charge is 2.31. The van der Waals surface area contributed by atoms with Crippen LogP contribution in [0.2, 0.25) is 0 Å². The van der Waals surface area contributed by atoms with Gasteiger partial charge in [-0.1, -0.05) is 18.2 Å². The molecule has 1 aromatic carbocycles. The van der Waals surface area contributed by atoms with E-state index >= 15 is 0 Å². The molecular weight excluding hydrogens is 259 g/mol. The summed E-state index contributed by atoms with van der Waals surface area (Å²) in [5, 5.41) is 2.71. The van der Waals surface area contributed by atoms with E-state index in [1.54, 1.807) is 13.0 Å². The van der Waals surface area contributed by atoms with E-state index in [-0.39, 0.29) is 18.4 Å². The monoisotopic (exact) mass is 273 g/mol. The number of benzene rings is 1. The molecule has 1 aromatic rings. The van der Waals surface area contributed by atoms with Crippen LogP contribution in [0.25, 0.3) is 0 Å². The van der Waals surface area contributed by atoms with Crippen LogP contribution < -0.4 is 5.32 Å². The Morgan fingerprint density at radius 3 is 2.79 bits per heavy atom. The molecule has 1 N–H and O–H groups in total. The van der Waals surface area contributed by atoms with Gasteiger partial charge in [0.05, 0.1) is 12.2 Å². The van der Waals surface area contributed by atoms with Gasteiger partial charge in [-0.15, -0.1) is 0 Å². The van der Waals surface area contributed by atoms with Crippen LogP contribution in [0, 0.1) is 0 Å². The number of carbonyl (C=O) groups is 1. The Kier molecular flexibility index (Phi) is 3.80. The maximum Gasteiger partial charge on any atom is 0.416 e. The van der Waals surface area contributed by atoms with E-state index in [0.717, 1.165) is 12.1 Å². The van der Waals surface area contributed by atoms with Crippen molar-refractivity contribution >= 4 is 5.91 Å². The third-order valence-electron chi connectivity index (χ3n) is 2.90. The predicted octanol–water partition coefficient (Wildman–Crippen LogP) is 2.15. The first kappa shape index (κ1) is 13.9. The largest absolute Gasteiger partial charge is 0.416 e. The van der Waals surface area contributed by atoms with E-state index in [1.807, 2.05) is 0 Å². The highest BCUT2D eigenvalue weighted by molar-refractivity contribution is 5.82. The van der Waals surface area contributed by atoms with Gasteiger partial charge in [0.15, 0.2) is 0 Å². The standard InChI is InChI=1S/C13H14F3NO2/c1-8-7-19-11(12(18)17-8)6-9-3-2-4-10(5-9)13(14,15)16/h2-5,8,11H,6-7H2,1H3,(H,17,18)/t8-,11+/m0/s1. The number of carbonyl (C=O) groups excluding carboxylic acids is 1. The van der Waals surface area contributed by atoms with Crippen LogP contribution in [0.1, 0.15) is 18.1 Å². The molecule has 104 valence electrons. The molecule has 1 aliphatic heterocycles. The number of hydrogen-bond donors (Lipinski definition) is 1. The van der Waals surface area contributed by atoms with Crippen LogP contribution in [-0.4, -0.2) is 24.7 Å². The Bertz CT molecular complexity index is 473. The highest BCUT2D eigenvalue weighted by Crippen LogP contribution is 2.29. The lowest BCUT2D eigenvalue weighted by molar-refractivity contribution is -0.140. The summed E-state index contributed by atoms with van der Waals surface area (Å²) in [4.78, 5) is 11.6. The van der Waals surface area contributed by atoms with Crippen molar-refractivity contribution in [3.63, 3.8) is 0 Å². The van der Waals surface area contributed by atoms with E-state index in [1.165, 1.54) is 6.07 Å². The van der Waals surface area contributed by atoms with Crippen molar-refractivity contribution < 1.29 is 22.7 Å². The Hall–Kier alpha value is -1.56. The van der Waals surface area contributed by atoms with Crippen molar-refractivity contribution in [3.05, 3.63) is 35.4 Å². The van der Waals surface area contributed by atoms with Gasteiger partial charge in [-0.05, 0) is 18.6 Å². The van der Waals surface area contributed by atoms with Crippen molar-refractivity contribution in [3.8, 4) is 0 Å². The Morgan fingerprint density at radius 1 is 1.42 bits per heavy atom. The molecular formula is C13H14F3NO2. The second kappa shape index (κ2) is 5.21. The van der Waals surface area contributed by atoms with E-state index in [9.17, 15) is 18.0 Å². The van der Waals surface area contributed by atoms with Crippen LogP contribution >= 0.6 is 0 Å². The molecule has 1 aliphatic rings. The summed E-state index contributed by atoms with van der Waals surface area (Å²) in [7, 11) is 0. The number of halogens is 3. The summed E-state index contributed by atoms with van der Waals surface area (Å²) >= 11 is 0. The lowest BCUT2D eigenvalue weighted by atomic mass is 10.0. The van der Waals surface area contributed by atoms with Gasteiger partial charge >= 0.3 is 6.18 Å². The zero-order chi connectivity index (χ0) is 14.0. The summed E-state index contributed by atoms with van der Waals surface area (Å²) in [6, 6.07) is 4.89. The average Bonchev–Trinajstić information content (AvgIpc) is 2.32. The minimum atomic E-state index is -4.37. The highest BCUT2D eigenvalue weighted by atomic mass is 19.4. The maximum absolute atomic E-state index is 12.6. The second-order valence-electron chi connectivity index (χ2n) is 4.63. The summed E-state index contributed by atoms with van der Waals surface area (Å²) in [5.41, 5.74) is -0.279. The number of nitrogens with one attached hydrogen (secondary N) is 1. The average molecular weight is 273 g/mol. The molecule has 1 amide bonds. The molecule has 6 heteroatoms. The molecule has 0 aliphatic carbocycles. The first-order valence-electron chi connectivity index (χ1n) is 5.94. The van der Waals surface area contributed by atoms with Crippen LogP contribution in [0.5, 0.6) is 0 Å². The second-order valence-corrected chi connectivity index (χ2v) is 4.63. The number of alkyl halides is 3. The number of hydrogen-bond acceptors (Lipinski definition) is 2. The quantitative estimate of drug-likeness (QED) is 0.896. The fourth-order valence-corrected chi connectivity index (χ4v) is 1.95. The normalized spacial score (nSPS) is 24.1. The zero-order valence-electron chi connectivity index (χ0n) is 10.3. The van der Waals surface area contributed by atoms with Crippen molar-refractivity contribution in [2.45, 2.75) is 31.7 Å². The molecule has 0 bridgehead atoms. The van der Waals surface area contributed by atoms with E-state index < -0.39 is 17.8 Å². The van der Waals surface area contributed by atoms with Gasteiger partial charge in [-0.3, -0.25) is 4.79 Å². The number of amides is 1. The van der Waals surface area contributed by atoms with Crippen molar-refractivity contribution in [1.29, 1.82) is 0 Å². The number of ether oxygens (including phenoxy) is 1. The van der Waals surface area contributed by atoms with Crippen LogP contribution in [-0.2, 0) is 22.1 Å². The van der Waals surface area contributed by atoms with Crippen LogP contribution in [0.3, 0.4) is 0 Å². The number of morpholine rings is 1. The van der Waals surface area contributed by atoms with Crippen molar-refractivity contribution in [2.24, 2.45) is 0 Å². The molecule has 0 aromatic heterocycles. The molecule has 0 saturated carbocycles. The Labute approximate surface area is 108 Å². The van der Waals surface area contributed by atoms with Crippen LogP contribution in [0.4, 0.5) is 13.2 Å². The Morgan fingerprint density at radius 2 is 2.16 bits per heavy atom. The lowest BCUT2D eigenvalue weighted by Crippen LogP contribution is -2.50. The minimum absolute atomic E-state index is 0.0646. The smallest absolute Gasteiger partial charge is 0.366 e. The third kappa shape index (κ3) is 3.47. The SMILES string of the molecule is C[C@H]1CO[C@H](Cc2cccc(C(F)(F)F)c2)C(=O)N1. The van der Waals surface area contributed by atoms with Crippen LogP contribution in [0.15, 0.2) is 24.3 Å². The minimum Gasteiger partial charge on any atom is -0.366 e. The van der Waals surface area contributed by atoms with Gasteiger partial charge in [0, 0.05) is 12.5 Å². The van der Waals surface area contributed by atoms with Gasteiger partial charge < -0.3 is 10.1 Å². The molecule has 19 heavy (non-hydrogen) atoms. The maximum atomic E-state index is 12.6. The Balaban J connectivity index is 2.09. The molecule has 3 nitrogen and oxygen atoms in total. The van der Waals surface area contributed by atoms with E-state index in [2.05, 4.69) is 5.32 Å². The van der Waals surface area contributed by atoms with Gasteiger partial charge in [0.1, 0.15) is 6.10 Å². The molecule has 2 atom stereocenters. The first-order chi connectivity index (χ1) is 8.86. The van der Waals surface area contributed by atoms with Gasteiger partial charge in [0.25, 0.3) is 0 Å². The number of rotatable bonds is 2. The fourth-order valence-electron chi connectivity index (χ4n) is 1.95. The van der Waals surface area contributed by atoms with Gasteiger partial charge in [-0.2, -0.15) is 13.2 Å². The fraction of sp³-hybridized carbons (Fsp3) is 0.462. The predicted molar refractivity (Wildman–Crippen MR) is 62.5 cm³/mol. The van der Waals surface area contributed by atoms with E-state index in [4.69, 9.17) is 4.74 Å². The molecule has 1 fully saturated rings. The summed E-state index contributed by atoms with van der Waals surface area (Å²) in [6.07, 6.45) is -4.96. The van der Waals surface area contributed by atoms with Gasteiger partial charge in [-0.25, -0.2) is 0 Å². The zero-order valence-corrected chi connectivity index (χ0v) is 10.3.